The molecule has 1 aromatic carbocycles. The summed E-state index contributed by atoms with van der Waals surface area (Å²) in [6.07, 6.45) is 5.28. The molecule has 0 aromatic heterocycles. The summed E-state index contributed by atoms with van der Waals surface area (Å²) in [6, 6.07) is 8.86. The second-order valence-electron chi connectivity index (χ2n) is 5.98. The van der Waals surface area contributed by atoms with Crippen LogP contribution in [-0.2, 0) is 4.79 Å². The van der Waals surface area contributed by atoms with Gasteiger partial charge >= 0.3 is 0 Å². The summed E-state index contributed by atoms with van der Waals surface area (Å²) in [7, 11) is 0. The molecule has 146 valence electrons. The van der Waals surface area contributed by atoms with Gasteiger partial charge in [-0.25, -0.2) is 4.99 Å². The molecule has 0 heterocycles. The molecule has 9 heteroatoms. The largest absolute Gasteiger partial charge is 0.386 e. The highest BCUT2D eigenvalue weighted by Gasteiger charge is 2.28. The van der Waals surface area contributed by atoms with E-state index >= 15 is 0 Å². The molecule has 1 unspecified atom stereocenters. The van der Waals surface area contributed by atoms with Crippen molar-refractivity contribution in [3.8, 4) is 6.07 Å². The first-order chi connectivity index (χ1) is 12.9. The Bertz CT molecular complexity index is 728. The summed E-state index contributed by atoms with van der Waals surface area (Å²) in [4.78, 5) is 15.9. The lowest BCUT2D eigenvalue weighted by Crippen LogP contribution is -2.42. The zero-order valence-corrected chi connectivity index (χ0v) is 16.8. The Labute approximate surface area is 170 Å². The van der Waals surface area contributed by atoms with Gasteiger partial charge in [-0.05, 0) is 49.8 Å². The minimum absolute atomic E-state index is 0.0108. The minimum atomic E-state index is -0.705. The van der Waals surface area contributed by atoms with Gasteiger partial charge in [-0.2, -0.15) is 17.9 Å². The van der Waals surface area contributed by atoms with Crippen LogP contribution in [-0.4, -0.2) is 30.1 Å². The Morgan fingerprint density at radius 1 is 1.33 bits per heavy atom. The number of primary amides is 1. The maximum absolute atomic E-state index is 11.7. The molecule has 0 bridgehead atoms. The number of amides is 1. The summed E-state index contributed by atoms with van der Waals surface area (Å²) in [5, 5.41) is 12.9. The highest BCUT2D eigenvalue weighted by Crippen LogP contribution is 2.23. The number of halogens is 1. The highest BCUT2D eigenvalue weighted by atomic mass is 35.5. The van der Waals surface area contributed by atoms with Crippen LogP contribution in [0.4, 0.5) is 5.69 Å². The summed E-state index contributed by atoms with van der Waals surface area (Å²) >= 11 is 9.35. The van der Waals surface area contributed by atoms with Gasteiger partial charge in [0.05, 0.1) is 23.2 Å². The van der Waals surface area contributed by atoms with Gasteiger partial charge in [0.15, 0.2) is 0 Å². The van der Waals surface area contributed by atoms with E-state index in [0.717, 1.165) is 12.8 Å². The molecule has 3 atom stereocenters. The van der Waals surface area contributed by atoms with E-state index in [0.29, 0.717) is 17.1 Å². The number of hydrogen-bond donors (Lipinski definition) is 5. The van der Waals surface area contributed by atoms with Crippen LogP contribution in [0.1, 0.15) is 19.3 Å². The van der Waals surface area contributed by atoms with Crippen molar-refractivity contribution in [1.29, 1.82) is 5.26 Å². The van der Waals surface area contributed by atoms with Gasteiger partial charge in [0.2, 0.25) is 0 Å². The third-order valence-corrected chi connectivity index (χ3v) is 4.37. The molecule has 0 aliphatic heterocycles. The van der Waals surface area contributed by atoms with Crippen LogP contribution in [0.5, 0.6) is 0 Å². The Balaban J connectivity index is 0.00000176. The fraction of sp³-hybridized carbons (Fsp3) is 0.389. The normalized spacial score (nSPS) is 22.9. The van der Waals surface area contributed by atoms with E-state index in [-0.39, 0.29) is 29.4 Å². The van der Waals surface area contributed by atoms with E-state index in [1.165, 1.54) is 6.20 Å². The fourth-order valence-electron chi connectivity index (χ4n) is 2.72. The van der Waals surface area contributed by atoms with Gasteiger partial charge in [0.25, 0.3) is 5.91 Å². The lowest BCUT2D eigenvalue weighted by atomic mass is 9.83. The second-order valence-corrected chi connectivity index (χ2v) is 6.41. The number of carbonyl (C=O) groups excluding carboxylic acids is 1. The number of nitrogens with one attached hydrogen (secondary N) is 1. The Kier molecular flexibility index (Phi) is 9.72. The molecule has 0 radical (unpaired) electrons. The average Bonchev–Trinajstić information content (AvgIpc) is 2.66. The van der Waals surface area contributed by atoms with Crippen molar-refractivity contribution in [2.45, 2.75) is 31.3 Å². The first-order valence-electron chi connectivity index (χ1n) is 8.36. The van der Waals surface area contributed by atoms with Crippen LogP contribution in [0.25, 0.3) is 0 Å². The molecular weight excluding hydrogens is 384 g/mol. The van der Waals surface area contributed by atoms with Crippen LogP contribution in [0.15, 0.2) is 41.0 Å². The van der Waals surface area contributed by atoms with Gasteiger partial charge in [-0.15, -0.1) is 0 Å². The second kappa shape index (κ2) is 11.5. The van der Waals surface area contributed by atoms with Crippen LogP contribution >= 0.6 is 24.2 Å². The van der Waals surface area contributed by atoms with Gasteiger partial charge < -0.3 is 22.5 Å². The number of benzene rings is 1. The predicted octanol–water partition coefficient (Wildman–Crippen LogP) is 1.85. The molecule has 27 heavy (non-hydrogen) atoms. The smallest absolute Gasteiger partial charge is 0.253 e. The molecule has 0 saturated heterocycles. The van der Waals surface area contributed by atoms with Crippen molar-refractivity contribution in [3.63, 3.8) is 0 Å². The lowest BCUT2D eigenvalue weighted by molar-refractivity contribution is -0.114. The molecule has 7 nitrogen and oxygen atoms in total. The number of amidine groups is 1. The Morgan fingerprint density at radius 3 is 2.52 bits per heavy atom. The number of thiol groups is 1. The SMILES string of the molecule is CS.N#CC1C[C@H](N)CC[C@@H]1N/C=C(/C(N)=O)C(N)=Nc1ccc(Cl)cc1. The van der Waals surface area contributed by atoms with Crippen molar-refractivity contribution in [2.75, 3.05) is 6.26 Å². The number of aliphatic imine (C=N–C) groups is 1. The summed E-state index contributed by atoms with van der Waals surface area (Å²) in [6.45, 7) is 0. The van der Waals surface area contributed by atoms with E-state index in [1.807, 2.05) is 0 Å². The van der Waals surface area contributed by atoms with E-state index in [1.54, 1.807) is 30.5 Å². The van der Waals surface area contributed by atoms with E-state index in [4.69, 9.17) is 28.8 Å². The van der Waals surface area contributed by atoms with Crippen molar-refractivity contribution in [3.05, 3.63) is 41.1 Å². The van der Waals surface area contributed by atoms with Crippen LogP contribution in [0, 0.1) is 17.2 Å². The van der Waals surface area contributed by atoms with Crippen LogP contribution in [0.2, 0.25) is 5.02 Å². The number of nitrogens with two attached hydrogens (primary N) is 3. The molecule has 7 N–H and O–H groups in total. The summed E-state index contributed by atoms with van der Waals surface area (Å²) in [5.41, 5.74) is 17.8. The zero-order chi connectivity index (χ0) is 20.4. The minimum Gasteiger partial charge on any atom is -0.386 e. The maximum atomic E-state index is 11.7. The average molecular weight is 409 g/mol. The highest BCUT2D eigenvalue weighted by molar-refractivity contribution is 7.79. The van der Waals surface area contributed by atoms with Crippen LogP contribution in [0.3, 0.4) is 0 Å². The fourth-order valence-corrected chi connectivity index (χ4v) is 2.85. The van der Waals surface area contributed by atoms with Gasteiger partial charge in [-0.1, -0.05) is 11.6 Å². The van der Waals surface area contributed by atoms with Crippen LogP contribution < -0.4 is 22.5 Å². The Morgan fingerprint density at radius 2 is 1.96 bits per heavy atom. The third-order valence-electron chi connectivity index (χ3n) is 4.12. The first kappa shape index (κ1) is 22.8. The zero-order valence-electron chi connectivity index (χ0n) is 15.1. The van der Waals surface area contributed by atoms with E-state index in [2.05, 4.69) is 29.0 Å². The monoisotopic (exact) mass is 408 g/mol. The summed E-state index contributed by atoms with van der Waals surface area (Å²) < 4.78 is 0. The molecule has 1 amide bonds. The van der Waals surface area contributed by atoms with E-state index < -0.39 is 5.91 Å². The van der Waals surface area contributed by atoms with Crippen molar-refractivity contribution >= 4 is 41.7 Å². The molecule has 0 spiro atoms. The molecular formula is C18H25ClN6OS. The van der Waals surface area contributed by atoms with Crippen molar-refractivity contribution in [1.82, 2.24) is 5.32 Å². The standard InChI is InChI=1S/C17H21ClN6O.CH4S/c18-11-1-4-13(5-2-11)24-16(21)14(17(22)25)9-23-15-6-3-12(20)7-10(15)8-19;1-2/h1-2,4-5,9-10,12,15,23H,3,6-7,20H2,(H2,21,24)(H2,22,25);2H,1H3/b14-9+;/t10?,12-,15+;/m1./s1. The summed E-state index contributed by atoms with van der Waals surface area (Å²) in [5.74, 6) is -0.948. The van der Waals surface area contributed by atoms with Crippen molar-refractivity contribution < 1.29 is 4.79 Å². The number of rotatable bonds is 5. The topological polar surface area (TPSA) is 143 Å². The lowest BCUT2D eigenvalue weighted by Gasteiger charge is -2.30. The number of nitriles is 1. The molecule has 2 rings (SSSR count). The quantitative estimate of drug-likeness (QED) is 0.218. The number of hydrogen-bond acceptors (Lipinski definition) is 6. The molecule has 1 aliphatic carbocycles. The first-order valence-corrected chi connectivity index (χ1v) is 9.64. The molecule has 1 aliphatic rings. The number of carbonyl (C=O) groups is 1. The van der Waals surface area contributed by atoms with E-state index in [9.17, 15) is 10.1 Å². The molecule has 1 saturated carbocycles. The van der Waals surface area contributed by atoms with Crippen molar-refractivity contribution in [2.24, 2.45) is 28.1 Å². The van der Waals surface area contributed by atoms with Gasteiger partial charge in [-0.3, -0.25) is 4.79 Å². The van der Waals surface area contributed by atoms with Gasteiger partial charge in [0, 0.05) is 23.3 Å². The maximum Gasteiger partial charge on any atom is 0.253 e. The number of nitrogens with zero attached hydrogens (tertiary/aromatic N) is 2. The molecule has 1 fully saturated rings. The Hall–Kier alpha value is -2.21. The van der Waals surface area contributed by atoms with Gasteiger partial charge in [0.1, 0.15) is 5.84 Å². The predicted molar refractivity (Wildman–Crippen MR) is 113 cm³/mol. The molecule has 1 aromatic rings. The third kappa shape index (κ3) is 7.13.